The van der Waals surface area contributed by atoms with E-state index in [-0.39, 0.29) is 6.04 Å². The van der Waals surface area contributed by atoms with E-state index < -0.39 is 0 Å². The molecule has 3 aromatic carbocycles. The van der Waals surface area contributed by atoms with Gasteiger partial charge in [0.1, 0.15) is 0 Å². The molecule has 1 unspecified atom stereocenters. The lowest BCUT2D eigenvalue weighted by Crippen LogP contribution is -2.18. The highest BCUT2D eigenvalue weighted by Gasteiger charge is 2.30. The molecule has 148 valence electrons. The number of hydrogen-bond donors (Lipinski definition) is 0. The van der Waals surface area contributed by atoms with Crippen molar-refractivity contribution >= 4 is 38.9 Å². The number of benzene rings is 3. The van der Waals surface area contributed by atoms with Gasteiger partial charge in [-0.3, -0.25) is 5.01 Å². The molecule has 3 aromatic rings. The molecule has 0 radical (unpaired) electrons. The molecule has 0 aromatic heterocycles. The Kier molecular flexibility index (Phi) is 5.79. The van der Waals surface area contributed by atoms with Crippen molar-refractivity contribution in [2.24, 2.45) is 5.10 Å². The van der Waals surface area contributed by atoms with E-state index in [4.69, 9.17) is 26.2 Å². The first-order chi connectivity index (χ1) is 14.1. The lowest BCUT2D eigenvalue weighted by molar-refractivity contribution is 0.354. The Labute approximate surface area is 183 Å². The van der Waals surface area contributed by atoms with Crippen molar-refractivity contribution in [1.82, 2.24) is 0 Å². The third-order valence-corrected chi connectivity index (χ3v) is 5.70. The number of anilines is 1. The van der Waals surface area contributed by atoms with Gasteiger partial charge in [0.15, 0.2) is 11.5 Å². The van der Waals surface area contributed by atoms with Crippen LogP contribution in [0.3, 0.4) is 0 Å². The number of methoxy groups -OCH3 is 2. The summed E-state index contributed by atoms with van der Waals surface area (Å²) in [4.78, 5) is 0. The van der Waals surface area contributed by atoms with Crippen LogP contribution in [0.1, 0.15) is 23.6 Å². The first kappa shape index (κ1) is 19.8. The Morgan fingerprint density at radius 1 is 0.966 bits per heavy atom. The van der Waals surface area contributed by atoms with Gasteiger partial charge in [-0.25, -0.2) is 0 Å². The van der Waals surface area contributed by atoms with Gasteiger partial charge in [0.25, 0.3) is 0 Å². The highest BCUT2D eigenvalue weighted by atomic mass is 79.9. The minimum absolute atomic E-state index is 0.0368. The van der Waals surface area contributed by atoms with E-state index in [2.05, 4.69) is 39.1 Å². The SMILES string of the molecule is COc1ccc(C2CC(c3ccc(Cl)cc3)=NN2c2cccc(Br)c2)cc1OC. The number of ether oxygens (including phenoxy) is 2. The Hall–Kier alpha value is -2.50. The van der Waals surface area contributed by atoms with Gasteiger partial charge in [-0.05, 0) is 53.6 Å². The third kappa shape index (κ3) is 4.11. The summed E-state index contributed by atoms with van der Waals surface area (Å²) in [6.07, 6.45) is 0.767. The predicted molar refractivity (Wildman–Crippen MR) is 122 cm³/mol. The van der Waals surface area contributed by atoms with Crippen molar-refractivity contribution in [1.29, 1.82) is 0 Å². The summed E-state index contributed by atoms with van der Waals surface area (Å²) in [6.45, 7) is 0. The molecule has 0 N–H and O–H groups in total. The predicted octanol–water partition coefficient (Wildman–Crippen LogP) is 6.48. The summed E-state index contributed by atoms with van der Waals surface area (Å²) in [7, 11) is 3.29. The van der Waals surface area contributed by atoms with Gasteiger partial charge in [-0.2, -0.15) is 5.10 Å². The van der Waals surface area contributed by atoms with Gasteiger partial charge in [-0.15, -0.1) is 0 Å². The van der Waals surface area contributed by atoms with Crippen LogP contribution in [-0.2, 0) is 0 Å². The van der Waals surface area contributed by atoms with Crippen LogP contribution >= 0.6 is 27.5 Å². The number of hydrazone groups is 1. The summed E-state index contributed by atoms with van der Waals surface area (Å²) in [6, 6.07) is 22.0. The first-order valence-electron chi connectivity index (χ1n) is 9.19. The molecule has 6 heteroatoms. The van der Waals surface area contributed by atoms with Crippen LogP contribution in [0.5, 0.6) is 11.5 Å². The van der Waals surface area contributed by atoms with Crippen molar-refractivity contribution < 1.29 is 9.47 Å². The number of halogens is 2. The molecule has 0 aliphatic carbocycles. The zero-order valence-electron chi connectivity index (χ0n) is 16.1. The van der Waals surface area contributed by atoms with E-state index in [0.717, 1.165) is 33.4 Å². The third-order valence-electron chi connectivity index (χ3n) is 4.95. The molecular formula is C23H20BrClN2O2. The Balaban J connectivity index is 1.76. The molecule has 29 heavy (non-hydrogen) atoms. The maximum absolute atomic E-state index is 6.07. The zero-order chi connectivity index (χ0) is 20.4. The van der Waals surface area contributed by atoms with Crippen molar-refractivity contribution in [3.8, 4) is 11.5 Å². The number of nitrogens with zero attached hydrogens (tertiary/aromatic N) is 2. The van der Waals surface area contributed by atoms with Crippen LogP contribution in [0.15, 0.2) is 76.3 Å². The summed E-state index contributed by atoms with van der Waals surface area (Å²) in [5, 5.41) is 7.75. The van der Waals surface area contributed by atoms with Crippen LogP contribution < -0.4 is 14.5 Å². The molecule has 1 atom stereocenters. The zero-order valence-corrected chi connectivity index (χ0v) is 18.4. The van der Waals surface area contributed by atoms with E-state index in [1.807, 2.05) is 48.5 Å². The molecule has 0 saturated heterocycles. The fourth-order valence-corrected chi connectivity index (χ4v) is 4.02. The second-order valence-electron chi connectivity index (χ2n) is 6.71. The van der Waals surface area contributed by atoms with E-state index in [1.165, 1.54) is 0 Å². The Morgan fingerprint density at radius 3 is 2.41 bits per heavy atom. The van der Waals surface area contributed by atoms with Crippen LogP contribution in [0.25, 0.3) is 0 Å². The molecule has 0 bridgehead atoms. The van der Waals surface area contributed by atoms with E-state index in [9.17, 15) is 0 Å². The molecular weight excluding hydrogens is 452 g/mol. The summed E-state index contributed by atoms with van der Waals surface area (Å²) in [5.74, 6) is 1.42. The second kappa shape index (κ2) is 8.47. The first-order valence-corrected chi connectivity index (χ1v) is 10.4. The summed E-state index contributed by atoms with van der Waals surface area (Å²) in [5.41, 5.74) is 4.21. The fourth-order valence-electron chi connectivity index (χ4n) is 3.50. The summed E-state index contributed by atoms with van der Waals surface area (Å²) < 4.78 is 11.9. The molecule has 1 heterocycles. The van der Waals surface area contributed by atoms with E-state index in [0.29, 0.717) is 16.5 Å². The smallest absolute Gasteiger partial charge is 0.161 e. The highest BCUT2D eigenvalue weighted by molar-refractivity contribution is 9.10. The van der Waals surface area contributed by atoms with Gasteiger partial charge in [0.05, 0.1) is 31.7 Å². The molecule has 4 nitrogen and oxygen atoms in total. The monoisotopic (exact) mass is 470 g/mol. The number of hydrogen-bond acceptors (Lipinski definition) is 4. The molecule has 0 spiro atoms. The van der Waals surface area contributed by atoms with Crippen LogP contribution in [0.2, 0.25) is 5.02 Å². The van der Waals surface area contributed by atoms with Crippen molar-refractivity contribution in [2.45, 2.75) is 12.5 Å². The quantitative estimate of drug-likeness (QED) is 0.427. The molecule has 0 saturated carbocycles. The minimum Gasteiger partial charge on any atom is -0.493 e. The Bertz CT molecular complexity index is 1050. The topological polar surface area (TPSA) is 34.1 Å². The largest absolute Gasteiger partial charge is 0.493 e. The van der Waals surface area contributed by atoms with Crippen molar-refractivity contribution in [3.63, 3.8) is 0 Å². The van der Waals surface area contributed by atoms with Crippen LogP contribution in [-0.4, -0.2) is 19.9 Å². The van der Waals surface area contributed by atoms with Crippen molar-refractivity contribution in [2.75, 3.05) is 19.2 Å². The molecule has 4 rings (SSSR count). The van der Waals surface area contributed by atoms with Gasteiger partial charge < -0.3 is 9.47 Å². The summed E-state index contributed by atoms with van der Waals surface area (Å²) >= 11 is 9.63. The van der Waals surface area contributed by atoms with Gasteiger partial charge in [-0.1, -0.05) is 51.8 Å². The fraction of sp³-hybridized carbons (Fsp3) is 0.174. The molecule has 0 fully saturated rings. The molecule has 1 aliphatic rings. The minimum atomic E-state index is 0.0368. The standard InChI is InChI=1S/C23H20BrClN2O2/c1-28-22-11-8-16(12-23(22)29-2)21-14-20(15-6-9-18(25)10-7-15)26-27(21)19-5-3-4-17(24)13-19/h3-13,21H,14H2,1-2H3. The number of rotatable bonds is 5. The maximum Gasteiger partial charge on any atom is 0.161 e. The van der Waals surface area contributed by atoms with Crippen molar-refractivity contribution in [3.05, 3.63) is 87.4 Å². The highest BCUT2D eigenvalue weighted by Crippen LogP contribution is 2.40. The van der Waals surface area contributed by atoms with E-state index in [1.54, 1.807) is 14.2 Å². The molecule has 0 amide bonds. The lowest BCUT2D eigenvalue weighted by Gasteiger charge is -2.25. The van der Waals surface area contributed by atoms with Gasteiger partial charge in [0, 0.05) is 15.9 Å². The average molecular weight is 472 g/mol. The average Bonchev–Trinajstić information content (AvgIpc) is 3.19. The van der Waals surface area contributed by atoms with Crippen LogP contribution in [0, 0.1) is 0 Å². The normalized spacial score (nSPS) is 15.9. The maximum atomic E-state index is 6.07. The van der Waals surface area contributed by atoms with Gasteiger partial charge in [0.2, 0.25) is 0 Å². The van der Waals surface area contributed by atoms with Crippen LogP contribution in [0.4, 0.5) is 5.69 Å². The van der Waals surface area contributed by atoms with E-state index >= 15 is 0 Å². The Morgan fingerprint density at radius 2 is 1.72 bits per heavy atom. The second-order valence-corrected chi connectivity index (χ2v) is 8.06. The van der Waals surface area contributed by atoms with Gasteiger partial charge >= 0.3 is 0 Å². The lowest BCUT2D eigenvalue weighted by atomic mass is 9.98. The molecule has 1 aliphatic heterocycles.